The molecule has 0 saturated heterocycles. The van der Waals surface area contributed by atoms with E-state index in [0.717, 1.165) is 17.6 Å². The van der Waals surface area contributed by atoms with Crippen molar-refractivity contribution in [3.63, 3.8) is 0 Å². The third-order valence-electron chi connectivity index (χ3n) is 2.77. The molecule has 4 heteroatoms. The zero-order valence-corrected chi connectivity index (χ0v) is 9.64. The van der Waals surface area contributed by atoms with Crippen molar-refractivity contribution in [1.82, 2.24) is 0 Å². The van der Waals surface area contributed by atoms with Gasteiger partial charge in [-0.3, -0.25) is 9.59 Å². The fourth-order valence-electron chi connectivity index (χ4n) is 1.96. The Labute approximate surface area is 99.5 Å². The number of aldehydes is 1. The molecule has 1 aromatic carbocycles. The molecule has 17 heavy (non-hydrogen) atoms. The van der Waals surface area contributed by atoms with Crippen molar-refractivity contribution in [2.45, 2.75) is 19.3 Å². The quantitative estimate of drug-likeness (QED) is 0.590. The fourth-order valence-corrected chi connectivity index (χ4v) is 1.96. The lowest BCUT2D eigenvalue weighted by molar-refractivity contribution is -0.143. The monoisotopic (exact) mass is 234 g/mol. The van der Waals surface area contributed by atoms with Crippen LogP contribution in [0, 0.1) is 0 Å². The molecular formula is C13H14O4. The van der Waals surface area contributed by atoms with E-state index in [-0.39, 0.29) is 11.9 Å². The Morgan fingerprint density at radius 2 is 2.41 bits per heavy atom. The summed E-state index contributed by atoms with van der Waals surface area (Å²) < 4.78 is 10.4. The number of fused-ring (bicyclic) bond motifs is 1. The SMILES string of the molecule is CCOC(=O)CC1COc2ccc(C=O)cc21. The molecule has 4 nitrogen and oxygen atoms in total. The van der Waals surface area contributed by atoms with E-state index in [2.05, 4.69) is 0 Å². The summed E-state index contributed by atoms with van der Waals surface area (Å²) in [5.41, 5.74) is 1.52. The van der Waals surface area contributed by atoms with E-state index in [1.54, 1.807) is 25.1 Å². The Hall–Kier alpha value is -1.84. The molecule has 1 heterocycles. The lowest BCUT2D eigenvalue weighted by Crippen LogP contribution is -2.11. The van der Waals surface area contributed by atoms with Crippen LogP contribution in [0.4, 0.5) is 0 Å². The number of ether oxygens (including phenoxy) is 2. The maximum Gasteiger partial charge on any atom is 0.306 e. The van der Waals surface area contributed by atoms with Crippen LogP contribution in [0.15, 0.2) is 18.2 Å². The van der Waals surface area contributed by atoms with Crippen molar-refractivity contribution in [3.8, 4) is 5.75 Å². The summed E-state index contributed by atoms with van der Waals surface area (Å²) in [5.74, 6) is 0.513. The van der Waals surface area contributed by atoms with E-state index in [9.17, 15) is 9.59 Å². The van der Waals surface area contributed by atoms with E-state index < -0.39 is 0 Å². The minimum Gasteiger partial charge on any atom is -0.493 e. The van der Waals surface area contributed by atoms with Crippen LogP contribution in [0.25, 0.3) is 0 Å². The van der Waals surface area contributed by atoms with Gasteiger partial charge in [0.05, 0.1) is 19.6 Å². The average molecular weight is 234 g/mol. The summed E-state index contributed by atoms with van der Waals surface area (Å²) >= 11 is 0. The molecule has 0 amide bonds. The Balaban J connectivity index is 2.15. The number of rotatable bonds is 4. The standard InChI is InChI=1S/C13H14O4/c1-2-16-13(15)6-10-8-17-12-4-3-9(7-14)5-11(10)12/h3-5,7,10H,2,6,8H2,1H3. The first-order chi connectivity index (χ1) is 8.24. The van der Waals surface area contributed by atoms with Crippen molar-refractivity contribution in [3.05, 3.63) is 29.3 Å². The Bertz CT molecular complexity index is 439. The Morgan fingerprint density at radius 1 is 1.59 bits per heavy atom. The summed E-state index contributed by atoms with van der Waals surface area (Å²) in [6, 6.07) is 5.25. The second-order valence-corrected chi connectivity index (χ2v) is 3.93. The minimum absolute atomic E-state index is 0.0102. The number of hydrogen-bond acceptors (Lipinski definition) is 4. The summed E-state index contributed by atoms with van der Waals surface area (Å²) in [4.78, 5) is 22.1. The lowest BCUT2D eigenvalue weighted by atomic mass is 9.96. The van der Waals surface area contributed by atoms with Gasteiger partial charge in [0.1, 0.15) is 12.0 Å². The maximum atomic E-state index is 11.4. The summed E-state index contributed by atoms with van der Waals surface area (Å²) in [6.45, 7) is 2.63. The predicted octanol–water partition coefficient (Wildman–Crippen LogP) is 1.93. The number of carbonyl (C=O) groups excluding carboxylic acids is 2. The molecule has 0 bridgehead atoms. The molecule has 1 unspecified atom stereocenters. The van der Waals surface area contributed by atoms with Gasteiger partial charge in [-0.15, -0.1) is 0 Å². The first-order valence-electron chi connectivity index (χ1n) is 5.62. The van der Waals surface area contributed by atoms with Crippen LogP contribution in [0.3, 0.4) is 0 Å². The second kappa shape index (κ2) is 4.99. The number of benzene rings is 1. The summed E-state index contributed by atoms with van der Waals surface area (Å²) in [5, 5.41) is 0. The molecule has 0 radical (unpaired) electrons. The highest BCUT2D eigenvalue weighted by atomic mass is 16.5. The second-order valence-electron chi connectivity index (χ2n) is 3.93. The van der Waals surface area contributed by atoms with E-state index >= 15 is 0 Å². The van der Waals surface area contributed by atoms with Crippen LogP contribution >= 0.6 is 0 Å². The molecule has 1 aromatic rings. The van der Waals surface area contributed by atoms with Crippen molar-refractivity contribution in [2.75, 3.05) is 13.2 Å². The van der Waals surface area contributed by atoms with Crippen LogP contribution in [0.1, 0.15) is 35.2 Å². The van der Waals surface area contributed by atoms with E-state index in [0.29, 0.717) is 25.2 Å². The molecule has 1 aliphatic heterocycles. The molecule has 0 saturated carbocycles. The highest BCUT2D eigenvalue weighted by Gasteiger charge is 2.27. The molecule has 0 aliphatic carbocycles. The zero-order valence-electron chi connectivity index (χ0n) is 9.64. The maximum absolute atomic E-state index is 11.4. The molecular weight excluding hydrogens is 220 g/mol. The molecule has 0 fully saturated rings. The smallest absolute Gasteiger partial charge is 0.306 e. The predicted molar refractivity (Wildman–Crippen MR) is 61.3 cm³/mol. The fraction of sp³-hybridized carbons (Fsp3) is 0.385. The molecule has 0 aromatic heterocycles. The Morgan fingerprint density at radius 3 is 3.12 bits per heavy atom. The van der Waals surface area contributed by atoms with Crippen LogP contribution in [-0.4, -0.2) is 25.5 Å². The normalized spacial score (nSPS) is 17.1. The van der Waals surface area contributed by atoms with Crippen LogP contribution in [0.5, 0.6) is 5.75 Å². The Kier molecular flexibility index (Phi) is 3.42. The highest BCUT2D eigenvalue weighted by molar-refractivity contribution is 5.76. The summed E-state index contributed by atoms with van der Waals surface area (Å²) in [7, 11) is 0. The molecule has 90 valence electrons. The van der Waals surface area contributed by atoms with Crippen LogP contribution in [0.2, 0.25) is 0 Å². The third-order valence-corrected chi connectivity index (χ3v) is 2.77. The third kappa shape index (κ3) is 2.46. The van der Waals surface area contributed by atoms with Gasteiger partial charge in [-0.2, -0.15) is 0 Å². The van der Waals surface area contributed by atoms with E-state index in [1.807, 2.05) is 0 Å². The first kappa shape index (κ1) is 11.6. The van der Waals surface area contributed by atoms with Crippen molar-refractivity contribution >= 4 is 12.3 Å². The zero-order chi connectivity index (χ0) is 12.3. The molecule has 2 rings (SSSR count). The van der Waals surface area contributed by atoms with Gasteiger partial charge in [-0.1, -0.05) is 0 Å². The number of carbonyl (C=O) groups is 2. The van der Waals surface area contributed by atoms with Gasteiger partial charge in [-0.25, -0.2) is 0 Å². The van der Waals surface area contributed by atoms with Gasteiger partial charge in [0.2, 0.25) is 0 Å². The largest absolute Gasteiger partial charge is 0.493 e. The summed E-state index contributed by atoms with van der Waals surface area (Å²) in [6.07, 6.45) is 1.09. The van der Waals surface area contributed by atoms with Crippen molar-refractivity contribution < 1.29 is 19.1 Å². The average Bonchev–Trinajstić information content (AvgIpc) is 2.72. The van der Waals surface area contributed by atoms with Crippen molar-refractivity contribution in [2.24, 2.45) is 0 Å². The highest BCUT2D eigenvalue weighted by Crippen LogP contribution is 2.36. The molecule has 1 aliphatic rings. The van der Waals surface area contributed by atoms with Gasteiger partial charge in [0.15, 0.2) is 0 Å². The van der Waals surface area contributed by atoms with Gasteiger partial charge >= 0.3 is 5.97 Å². The first-order valence-corrected chi connectivity index (χ1v) is 5.62. The number of esters is 1. The molecule has 0 spiro atoms. The van der Waals surface area contributed by atoms with Crippen LogP contribution in [-0.2, 0) is 9.53 Å². The van der Waals surface area contributed by atoms with E-state index in [1.165, 1.54) is 0 Å². The molecule has 1 atom stereocenters. The van der Waals surface area contributed by atoms with Gasteiger partial charge < -0.3 is 9.47 Å². The van der Waals surface area contributed by atoms with Gasteiger partial charge in [0.25, 0.3) is 0 Å². The molecule has 0 N–H and O–H groups in total. The number of hydrogen-bond donors (Lipinski definition) is 0. The minimum atomic E-state index is -0.231. The topological polar surface area (TPSA) is 52.6 Å². The van der Waals surface area contributed by atoms with Crippen molar-refractivity contribution in [1.29, 1.82) is 0 Å². The van der Waals surface area contributed by atoms with Gasteiger partial charge in [0, 0.05) is 17.0 Å². The van der Waals surface area contributed by atoms with E-state index in [4.69, 9.17) is 9.47 Å². The van der Waals surface area contributed by atoms with Gasteiger partial charge in [-0.05, 0) is 25.1 Å². The lowest BCUT2D eigenvalue weighted by Gasteiger charge is -2.08. The van der Waals surface area contributed by atoms with Crippen LogP contribution < -0.4 is 4.74 Å².